The molecular formula is C35H44N4O5Si. The fraction of sp³-hybridized carbons (Fsp3) is 0.400. The molecule has 1 saturated heterocycles. The maximum atomic E-state index is 12.6. The van der Waals surface area contributed by atoms with Crippen molar-refractivity contribution in [2.75, 3.05) is 19.0 Å². The minimum atomic E-state index is -2.51. The smallest absolute Gasteiger partial charge is 0.255 e. The lowest BCUT2D eigenvalue weighted by Crippen LogP contribution is -2.40. The molecule has 3 aromatic carbocycles. The van der Waals surface area contributed by atoms with Crippen LogP contribution in [0.25, 0.3) is 0 Å². The number of benzene rings is 3. The molecule has 0 aliphatic carbocycles. The molecule has 9 nitrogen and oxygen atoms in total. The van der Waals surface area contributed by atoms with E-state index in [1.807, 2.05) is 78.6 Å². The summed E-state index contributed by atoms with van der Waals surface area (Å²) in [7, 11) is -0.911. The van der Waals surface area contributed by atoms with Crippen molar-refractivity contribution in [1.82, 2.24) is 15.0 Å². The van der Waals surface area contributed by atoms with E-state index >= 15 is 0 Å². The van der Waals surface area contributed by atoms with Gasteiger partial charge in [-0.2, -0.15) is 0 Å². The zero-order chi connectivity index (χ0) is 32.0. The standard InChI is InChI=1S/C35H44N4O5Si/c1-24-32(19-12-25-10-15-28(16-11-25)36-35(41)27-13-17-29(43-2)18-14-27)44-33(34(24)45(3,4)42)20-21-39-22-31(37-38-39)30(23-40)26-8-6-5-7-9-26/h5-11,13-18,22,24,30,32-34,40,42H,12,19-21,23H2,1-4H3,(H,36,41)/t24-,30?,32+,33-,34+/m0/s1. The van der Waals surface area contributed by atoms with Gasteiger partial charge in [0.25, 0.3) is 5.91 Å². The summed E-state index contributed by atoms with van der Waals surface area (Å²) in [5.41, 5.74) is 4.32. The van der Waals surface area contributed by atoms with Gasteiger partial charge in [0.1, 0.15) is 5.75 Å². The Kier molecular flexibility index (Phi) is 10.5. The van der Waals surface area contributed by atoms with Crippen molar-refractivity contribution in [3.63, 3.8) is 0 Å². The highest BCUT2D eigenvalue weighted by molar-refractivity contribution is 6.71. The molecule has 1 aliphatic heterocycles. The first-order chi connectivity index (χ1) is 21.7. The number of methoxy groups -OCH3 is 1. The Morgan fingerprint density at radius 1 is 1.02 bits per heavy atom. The van der Waals surface area contributed by atoms with E-state index in [9.17, 15) is 14.7 Å². The Labute approximate surface area is 266 Å². The summed E-state index contributed by atoms with van der Waals surface area (Å²) in [5.74, 6) is 0.549. The molecule has 5 rings (SSSR count). The van der Waals surface area contributed by atoms with Crippen molar-refractivity contribution in [3.8, 4) is 5.75 Å². The van der Waals surface area contributed by atoms with Crippen LogP contribution in [0.1, 0.15) is 52.9 Å². The topological polar surface area (TPSA) is 119 Å². The molecule has 1 fully saturated rings. The number of aryl methyl sites for hydroxylation is 2. The summed E-state index contributed by atoms with van der Waals surface area (Å²) >= 11 is 0. The van der Waals surface area contributed by atoms with Gasteiger partial charge in [0.05, 0.1) is 37.5 Å². The number of hydrogen-bond donors (Lipinski definition) is 3. The molecule has 1 unspecified atom stereocenters. The highest BCUT2D eigenvalue weighted by atomic mass is 28.4. The van der Waals surface area contributed by atoms with E-state index in [0.717, 1.165) is 36.2 Å². The normalized spacial score (nSPS) is 20.6. The SMILES string of the molecule is COc1ccc(C(=O)Nc2ccc(CC[C@H]3O[C@@H](CCn4cc(C(CO)c5ccccc5)nn4)[C@H]([Si](C)(C)O)[C@H]3C)cc2)cc1. The van der Waals surface area contributed by atoms with Crippen LogP contribution in [0.4, 0.5) is 5.69 Å². The Bertz CT molecular complexity index is 1520. The molecule has 4 aromatic rings. The van der Waals surface area contributed by atoms with Crippen LogP contribution in [0.3, 0.4) is 0 Å². The van der Waals surface area contributed by atoms with E-state index in [2.05, 4.69) is 22.6 Å². The molecule has 3 N–H and O–H groups in total. The van der Waals surface area contributed by atoms with Gasteiger partial charge in [0.2, 0.25) is 0 Å². The van der Waals surface area contributed by atoms with Gasteiger partial charge >= 0.3 is 0 Å². The molecule has 238 valence electrons. The Balaban J connectivity index is 1.16. The van der Waals surface area contributed by atoms with Gasteiger partial charge in [-0.1, -0.05) is 54.6 Å². The van der Waals surface area contributed by atoms with Gasteiger partial charge in [-0.05, 0) is 85.8 Å². The lowest BCUT2D eigenvalue weighted by atomic mass is 9.95. The highest BCUT2D eigenvalue weighted by Gasteiger charge is 2.49. The number of carbonyl (C=O) groups is 1. The summed E-state index contributed by atoms with van der Waals surface area (Å²) in [4.78, 5) is 23.9. The van der Waals surface area contributed by atoms with Crippen LogP contribution in [0.5, 0.6) is 5.75 Å². The summed E-state index contributed by atoms with van der Waals surface area (Å²) in [6, 6.07) is 24.8. The third-order valence-corrected chi connectivity index (χ3v) is 11.5. The van der Waals surface area contributed by atoms with Crippen molar-refractivity contribution in [1.29, 1.82) is 0 Å². The maximum Gasteiger partial charge on any atom is 0.255 e. The molecule has 1 aliphatic rings. The van der Waals surface area contributed by atoms with Crippen LogP contribution in [-0.2, 0) is 17.7 Å². The van der Waals surface area contributed by atoms with E-state index in [1.54, 1.807) is 31.4 Å². The molecule has 10 heteroatoms. The van der Waals surface area contributed by atoms with E-state index in [-0.39, 0.29) is 42.1 Å². The number of aromatic nitrogens is 3. The van der Waals surface area contributed by atoms with Crippen molar-refractivity contribution in [2.45, 2.75) is 69.5 Å². The first kappa shape index (κ1) is 32.6. The average molecular weight is 629 g/mol. The molecule has 1 amide bonds. The number of nitrogens with one attached hydrogen (secondary N) is 1. The second kappa shape index (κ2) is 14.5. The number of amides is 1. The Morgan fingerprint density at radius 2 is 1.73 bits per heavy atom. The number of hydrogen-bond acceptors (Lipinski definition) is 7. The third kappa shape index (κ3) is 8.07. The number of carbonyl (C=O) groups excluding carboxylic acids is 1. The van der Waals surface area contributed by atoms with Crippen LogP contribution in [0.2, 0.25) is 18.6 Å². The number of nitrogens with zero attached hydrogens (tertiary/aromatic N) is 3. The molecule has 0 saturated carbocycles. The van der Waals surface area contributed by atoms with Gasteiger partial charge in [-0.25, -0.2) is 0 Å². The predicted octanol–water partition coefficient (Wildman–Crippen LogP) is 5.66. The lowest BCUT2D eigenvalue weighted by Gasteiger charge is -2.30. The van der Waals surface area contributed by atoms with Crippen LogP contribution >= 0.6 is 0 Å². The van der Waals surface area contributed by atoms with Crippen LogP contribution in [0, 0.1) is 5.92 Å². The zero-order valence-electron chi connectivity index (χ0n) is 26.5. The summed E-state index contributed by atoms with van der Waals surface area (Å²) in [5, 5.41) is 21.7. The molecule has 0 radical (unpaired) electrons. The molecule has 5 atom stereocenters. The van der Waals surface area contributed by atoms with Crippen LogP contribution < -0.4 is 10.1 Å². The molecule has 0 bridgehead atoms. The number of rotatable bonds is 13. The molecule has 45 heavy (non-hydrogen) atoms. The number of ether oxygens (including phenoxy) is 2. The Hall–Kier alpha value is -3.83. The molecular weight excluding hydrogens is 584 g/mol. The van der Waals surface area contributed by atoms with Crippen LogP contribution in [0.15, 0.2) is 85.1 Å². The van der Waals surface area contributed by atoms with Gasteiger partial charge in [0.15, 0.2) is 8.32 Å². The summed E-state index contributed by atoms with van der Waals surface area (Å²) in [6.45, 7) is 6.80. The first-order valence-electron chi connectivity index (χ1n) is 15.6. The van der Waals surface area contributed by atoms with Gasteiger partial charge in [-0.15, -0.1) is 5.10 Å². The van der Waals surface area contributed by atoms with Crippen LogP contribution in [-0.4, -0.2) is 65.0 Å². The van der Waals surface area contributed by atoms with E-state index < -0.39 is 8.32 Å². The third-order valence-electron chi connectivity index (χ3n) is 8.94. The van der Waals surface area contributed by atoms with Gasteiger partial charge in [-0.3, -0.25) is 9.48 Å². The average Bonchev–Trinajstić information content (AvgIpc) is 3.64. The molecule has 1 aromatic heterocycles. The van der Waals surface area contributed by atoms with E-state index in [1.165, 1.54) is 5.56 Å². The summed E-state index contributed by atoms with van der Waals surface area (Å²) in [6.07, 6.45) is 4.29. The van der Waals surface area contributed by atoms with Crippen molar-refractivity contribution < 1.29 is 24.2 Å². The number of anilines is 1. The fourth-order valence-corrected chi connectivity index (χ4v) is 9.24. The minimum Gasteiger partial charge on any atom is -0.497 e. The highest BCUT2D eigenvalue weighted by Crippen LogP contribution is 2.45. The number of aliphatic hydroxyl groups is 1. The van der Waals surface area contributed by atoms with Crippen molar-refractivity contribution in [3.05, 3.63) is 107 Å². The quantitative estimate of drug-likeness (QED) is 0.164. The fourth-order valence-electron chi connectivity index (χ4n) is 6.59. The summed E-state index contributed by atoms with van der Waals surface area (Å²) < 4.78 is 13.6. The first-order valence-corrected chi connectivity index (χ1v) is 18.7. The lowest BCUT2D eigenvalue weighted by molar-refractivity contribution is 0.0245. The molecule has 2 heterocycles. The predicted molar refractivity (Wildman–Crippen MR) is 177 cm³/mol. The monoisotopic (exact) mass is 628 g/mol. The van der Waals surface area contributed by atoms with Gasteiger partial charge < -0.3 is 24.7 Å². The Morgan fingerprint density at radius 3 is 2.38 bits per heavy atom. The van der Waals surface area contributed by atoms with Crippen molar-refractivity contribution >= 4 is 19.9 Å². The van der Waals surface area contributed by atoms with E-state index in [0.29, 0.717) is 17.9 Å². The number of aliphatic hydroxyl groups excluding tert-OH is 1. The van der Waals surface area contributed by atoms with Gasteiger partial charge in [0, 0.05) is 29.5 Å². The second-order valence-electron chi connectivity index (χ2n) is 12.5. The minimum absolute atomic E-state index is 0.0385. The maximum absolute atomic E-state index is 12.6. The molecule has 0 spiro atoms. The largest absolute Gasteiger partial charge is 0.497 e. The van der Waals surface area contributed by atoms with Crippen molar-refractivity contribution in [2.24, 2.45) is 5.92 Å². The second-order valence-corrected chi connectivity index (χ2v) is 16.5. The zero-order valence-corrected chi connectivity index (χ0v) is 27.5. The van der Waals surface area contributed by atoms with E-state index in [4.69, 9.17) is 9.47 Å².